The Morgan fingerprint density at radius 1 is 1.11 bits per heavy atom. The van der Waals surface area contributed by atoms with Crippen LogP contribution in [0.5, 0.6) is 5.75 Å². The number of halogens is 1. The number of methoxy groups -OCH3 is 1. The van der Waals surface area contributed by atoms with Gasteiger partial charge in [-0.1, -0.05) is 0 Å². The first-order valence-electron chi connectivity index (χ1n) is 5.86. The molecule has 0 saturated carbocycles. The maximum Gasteiger partial charge on any atom is 0.127 e. The molecule has 0 aliphatic carbocycles. The van der Waals surface area contributed by atoms with Gasteiger partial charge in [0.15, 0.2) is 0 Å². The van der Waals surface area contributed by atoms with Crippen molar-refractivity contribution >= 4 is 0 Å². The molecule has 0 bridgehead atoms. The molecular weight excluding hydrogens is 239 g/mol. The summed E-state index contributed by atoms with van der Waals surface area (Å²) in [5.74, 6) is 0.0174. The topological polar surface area (TPSA) is 47.9 Å². The molecule has 1 aromatic carbocycles. The quantitative estimate of drug-likeness (QED) is 0.685. The second kappa shape index (κ2) is 8.85. The standard InChI is InChI=1S/C13H19FO4/c1-16-5-6-17-3-2-4-18-13-8-11(10-15)7-12(14)9-13/h7-9,15H,2-6,10H2,1H3. The fourth-order valence-corrected chi connectivity index (χ4v) is 1.39. The molecule has 0 fully saturated rings. The summed E-state index contributed by atoms with van der Waals surface area (Å²) in [5.41, 5.74) is 0.501. The van der Waals surface area contributed by atoms with Gasteiger partial charge in [0, 0.05) is 26.2 Å². The minimum absolute atomic E-state index is 0.200. The van der Waals surface area contributed by atoms with Gasteiger partial charge in [-0.2, -0.15) is 0 Å². The predicted octanol–water partition coefficient (Wildman–Crippen LogP) is 1.75. The molecule has 5 heteroatoms. The lowest BCUT2D eigenvalue weighted by molar-refractivity contribution is 0.0644. The fraction of sp³-hybridized carbons (Fsp3) is 0.538. The van der Waals surface area contributed by atoms with Gasteiger partial charge in [-0.3, -0.25) is 0 Å². The van der Waals surface area contributed by atoms with Crippen LogP contribution in [0.1, 0.15) is 12.0 Å². The van der Waals surface area contributed by atoms with Crippen LogP contribution in [0.2, 0.25) is 0 Å². The van der Waals surface area contributed by atoms with Crippen molar-refractivity contribution in [1.82, 2.24) is 0 Å². The van der Waals surface area contributed by atoms with E-state index in [1.54, 1.807) is 13.2 Å². The van der Waals surface area contributed by atoms with E-state index in [2.05, 4.69) is 0 Å². The Balaban J connectivity index is 2.20. The van der Waals surface area contributed by atoms with E-state index in [1.807, 2.05) is 0 Å². The molecule has 0 heterocycles. The lowest BCUT2D eigenvalue weighted by atomic mass is 10.2. The molecule has 0 radical (unpaired) electrons. The third kappa shape index (κ3) is 5.95. The lowest BCUT2D eigenvalue weighted by Crippen LogP contribution is -2.07. The second-order valence-corrected chi connectivity index (χ2v) is 3.76. The Morgan fingerprint density at radius 3 is 2.67 bits per heavy atom. The van der Waals surface area contributed by atoms with Gasteiger partial charge in [0.2, 0.25) is 0 Å². The van der Waals surface area contributed by atoms with Crippen LogP contribution in [-0.4, -0.2) is 38.6 Å². The third-order valence-corrected chi connectivity index (χ3v) is 2.25. The zero-order valence-corrected chi connectivity index (χ0v) is 10.5. The molecule has 0 aliphatic heterocycles. The number of rotatable bonds is 9. The Kier molecular flexibility index (Phi) is 7.32. The van der Waals surface area contributed by atoms with Crippen molar-refractivity contribution in [3.63, 3.8) is 0 Å². The molecule has 102 valence electrons. The van der Waals surface area contributed by atoms with E-state index >= 15 is 0 Å². The van der Waals surface area contributed by atoms with Crippen LogP contribution in [0.3, 0.4) is 0 Å². The summed E-state index contributed by atoms with van der Waals surface area (Å²) in [5, 5.41) is 8.92. The van der Waals surface area contributed by atoms with Gasteiger partial charge in [-0.05, 0) is 17.7 Å². The number of hydrogen-bond donors (Lipinski definition) is 1. The monoisotopic (exact) mass is 258 g/mol. The zero-order chi connectivity index (χ0) is 13.2. The van der Waals surface area contributed by atoms with Gasteiger partial charge in [0.1, 0.15) is 11.6 Å². The summed E-state index contributed by atoms with van der Waals surface area (Å²) in [4.78, 5) is 0. The second-order valence-electron chi connectivity index (χ2n) is 3.76. The predicted molar refractivity (Wildman–Crippen MR) is 65.1 cm³/mol. The molecular formula is C13H19FO4. The molecule has 0 aliphatic rings. The molecule has 0 aromatic heterocycles. The summed E-state index contributed by atoms with van der Waals surface area (Å²) >= 11 is 0. The smallest absolute Gasteiger partial charge is 0.127 e. The van der Waals surface area contributed by atoms with Crippen LogP contribution in [0.4, 0.5) is 4.39 Å². The molecule has 0 spiro atoms. The van der Waals surface area contributed by atoms with Gasteiger partial charge in [-0.15, -0.1) is 0 Å². The van der Waals surface area contributed by atoms with Gasteiger partial charge >= 0.3 is 0 Å². The Labute approximate surface area is 106 Å². The van der Waals surface area contributed by atoms with Crippen molar-refractivity contribution in [2.45, 2.75) is 13.0 Å². The van der Waals surface area contributed by atoms with E-state index in [0.29, 0.717) is 44.2 Å². The highest BCUT2D eigenvalue weighted by Gasteiger charge is 2.01. The largest absolute Gasteiger partial charge is 0.493 e. The minimum Gasteiger partial charge on any atom is -0.493 e. The van der Waals surface area contributed by atoms with Crippen molar-refractivity contribution in [2.75, 3.05) is 33.5 Å². The molecule has 0 saturated heterocycles. The van der Waals surface area contributed by atoms with E-state index in [1.165, 1.54) is 12.1 Å². The van der Waals surface area contributed by atoms with Crippen LogP contribution in [0, 0.1) is 5.82 Å². The fourth-order valence-electron chi connectivity index (χ4n) is 1.39. The molecule has 1 aromatic rings. The van der Waals surface area contributed by atoms with Crippen LogP contribution in [0.15, 0.2) is 18.2 Å². The van der Waals surface area contributed by atoms with Crippen LogP contribution >= 0.6 is 0 Å². The average molecular weight is 258 g/mol. The molecule has 0 atom stereocenters. The number of ether oxygens (including phenoxy) is 3. The van der Waals surface area contributed by atoms with Crippen LogP contribution in [0.25, 0.3) is 0 Å². The Hall–Kier alpha value is -1.17. The normalized spacial score (nSPS) is 10.6. The molecule has 1 rings (SSSR count). The molecule has 1 N–H and O–H groups in total. The SMILES string of the molecule is COCCOCCCOc1cc(F)cc(CO)c1. The van der Waals surface area contributed by atoms with Crippen molar-refractivity contribution in [2.24, 2.45) is 0 Å². The van der Waals surface area contributed by atoms with Crippen LogP contribution in [-0.2, 0) is 16.1 Å². The first-order valence-corrected chi connectivity index (χ1v) is 5.86. The highest BCUT2D eigenvalue weighted by Crippen LogP contribution is 2.16. The van der Waals surface area contributed by atoms with Crippen molar-refractivity contribution in [3.8, 4) is 5.75 Å². The van der Waals surface area contributed by atoms with Gasteiger partial charge in [0.25, 0.3) is 0 Å². The summed E-state index contributed by atoms with van der Waals surface area (Å²) < 4.78 is 28.6. The Morgan fingerprint density at radius 2 is 1.94 bits per heavy atom. The van der Waals surface area contributed by atoms with Crippen molar-refractivity contribution in [1.29, 1.82) is 0 Å². The highest BCUT2D eigenvalue weighted by molar-refractivity contribution is 5.29. The molecule has 0 amide bonds. The lowest BCUT2D eigenvalue weighted by Gasteiger charge is -2.08. The summed E-state index contributed by atoms with van der Waals surface area (Å²) in [7, 11) is 1.62. The summed E-state index contributed by atoms with van der Waals surface area (Å²) in [6.07, 6.45) is 0.717. The maximum absolute atomic E-state index is 13.1. The minimum atomic E-state index is -0.409. The molecule has 18 heavy (non-hydrogen) atoms. The highest BCUT2D eigenvalue weighted by atomic mass is 19.1. The van der Waals surface area contributed by atoms with E-state index in [4.69, 9.17) is 19.3 Å². The maximum atomic E-state index is 13.1. The molecule has 4 nitrogen and oxygen atoms in total. The van der Waals surface area contributed by atoms with Gasteiger partial charge in [0.05, 0.1) is 26.4 Å². The van der Waals surface area contributed by atoms with Crippen LogP contribution < -0.4 is 4.74 Å². The number of aliphatic hydroxyl groups is 1. The summed E-state index contributed by atoms with van der Waals surface area (Å²) in [6.45, 7) is 1.96. The summed E-state index contributed by atoms with van der Waals surface area (Å²) in [6, 6.07) is 4.19. The van der Waals surface area contributed by atoms with Gasteiger partial charge < -0.3 is 19.3 Å². The first kappa shape index (κ1) is 14.9. The van der Waals surface area contributed by atoms with E-state index in [-0.39, 0.29) is 6.61 Å². The van der Waals surface area contributed by atoms with E-state index < -0.39 is 5.82 Å². The van der Waals surface area contributed by atoms with E-state index in [9.17, 15) is 4.39 Å². The number of benzene rings is 1. The van der Waals surface area contributed by atoms with E-state index in [0.717, 1.165) is 0 Å². The third-order valence-electron chi connectivity index (χ3n) is 2.25. The van der Waals surface area contributed by atoms with Gasteiger partial charge in [-0.25, -0.2) is 4.39 Å². The zero-order valence-electron chi connectivity index (χ0n) is 10.5. The first-order chi connectivity index (χ1) is 8.76. The number of aliphatic hydroxyl groups excluding tert-OH is 1. The van der Waals surface area contributed by atoms with Crippen molar-refractivity contribution in [3.05, 3.63) is 29.6 Å². The Bertz CT molecular complexity index is 344. The molecule has 0 unspecified atom stereocenters. The number of hydrogen-bond acceptors (Lipinski definition) is 4. The average Bonchev–Trinajstić information content (AvgIpc) is 2.37. The van der Waals surface area contributed by atoms with Crippen molar-refractivity contribution < 1.29 is 23.7 Å².